The van der Waals surface area contributed by atoms with E-state index in [0.29, 0.717) is 34.5 Å². The Morgan fingerprint density at radius 1 is 1.24 bits per heavy atom. The Kier molecular flexibility index (Phi) is 5.76. The summed E-state index contributed by atoms with van der Waals surface area (Å²) >= 11 is 14.1. The molecule has 0 saturated heterocycles. The second-order valence-electron chi connectivity index (χ2n) is 6.73. The fraction of sp³-hybridized carbons (Fsp3) is 0.238. The Morgan fingerprint density at radius 2 is 2.00 bits per heavy atom. The minimum atomic E-state index is -0.566. The van der Waals surface area contributed by atoms with Gasteiger partial charge in [-0.3, -0.25) is 4.99 Å². The summed E-state index contributed by atoms with van der Waals surface area (Å²) in [5.41, 5.74) is 2.04. The maximum Gasteiger partial charge on any atom is 0.348 e. The van der Waals surface area contributed by atoms with Crippen molar-refractivity contribution < 1.29 is 9.52 Å². The average molecular weight is 449 g/mol. The van der Waals surface area contributed by atoms with Gasteiger partial charge in [-0.05, 0) is 37.3 Å². The lowest BCUT2D eigenvalue weighted by Crippen LogP contribution is -2.17. The van der Waals surface area contributed by atoms with Gasteiger partial charge in [-0.25, -0.2) is 4.79 Å². The molecule has 5 nitrogen and oxygen atoms in total. The summed E-state index contributed by atoms with van der Waals surface area (Å²) in [5, 5.41) is 11.5. The lowest BCUT2D eigenvalue weighted by molar-refractivity contribution is 0.432. The number of thioether (sulfide) groups is 1. The molecule has 1 aromatic carbocycles. The molecule has 0 saturated carbocycles. The number of aryl methyl sites for hydroxylation is 1. The molecule has 3 aromatic rings. The number of benzene rings is 1. The van der Waals surface area contributed by atoms with Crippen LogP contribution in [0, 0.1) is 6.92 Å². The van der Waals surface area contributed by atoms with E-state index in [4.69, 9.17) is 27.6 Å². The molecule has 1 atom stereocenters. The van der Waals surface area contributed by atoms with Crippen molar-refractivity contribution in [2.75, 3.05) is 12.3 Å². The van der Waals surface area contributed by atoms with Gasteiger partial charge in [0, 0.05) is 52.4 Å². The van der Waals surface area contributed by atoms with Crippen molar-refractivity contribution in [1.29, 1.82) is 0 Å². The molecule has 0 fully saturated rings. The van der Waals surface area contributed by atoms with Crippen molar-refractivity contribution >= 4 is 40.7 Å². The molecule has 0 radical (unpaired) electrons. The van der Waals surface area contributed by atoms with E-state index in [1.807, 2.05) is 35.0 Å². The summed E-state index contributed by atoms with van der Waals surface area (Å²) in [6, 6.07) is 10.8. The van der Waals surface area contributed by atoms with Gasteiger partial charge in [-0.15, -0.1) is 11.8 Å². The minimum absolute atomic E-state index is 0.0316. The predicted octanol–water partition coefficient (Wildman–Crippen LogP) is 5.42. The molecule has 1 N–H and O–H groups in total. The zero-order chi connectivity index (χ0) is 20.5. The molecular weight excluding hydrogens is 431 g/mol. The highest BCUT2D eigenvalue weighted by atomic mass is 35.5. The topological polar surface area (TPSA) is 67.7 Å². The van der Waals surface area contributed by atoms with E-state index in [1.54, 1.807) is 24.8 Å². The zero-order valence-electron chi connectivity index (χ0n) is 15.6. The third-order valence-electron chi connectivity index (χ3n) is 4.67. The maximum absolute atomic E-state index is 12.4. The molecule has 1 aliphatic rings. The van der Waals surface area contributed by atoms with Crippen LogP contribution in [0.3, 0.4) is 0 Å². The molecule has 0 spiro atoms. The quantitative estimate of drug-likeness (QED) is 0.580. The van der Waals surface area contributed by atoms with Crippen LogP contribution in [0.1, 0.15) is 28.7 Å². The number of aromatic hydroxyl groups is 1. The zero-order valence-corrected chi connectivity index (χ0v) is 17.9. The van der Waals surface area contributed by atoms with Gasteiger partial charge in [-0.1, -0.05) is 23.2 Å². The predicted molar refractivity (Wildman–Crippen MR) is 118 cm³/mol. The van der Waals surface area contributed by atoms with E-state index in [1.165, 1.54) is 6.07 Å². The Balaban J connectivity index is 1.72. The molecule has 8 heteroatoms. The molecule has 4 rings (SSSR count). The van der Waals surface area contributed by atoms with Crippen molar-refractivity contribution in [3.05, 3.63) is 80.1 Å². The molecule has 0 aliphatic carbocycles. The summed E-state index contributed by atoms with van der Waals surface area (Å²) in [6.07, 6.45) is 2.45. The Bertz CT molecular complexity index is 1130. The van der Waals surface area contributed by atoms with Gasteiger partial charge in [-0.2, -0.15) is 0 Å². The maximum atomic E-state index is 12.4. The highest BCUT2D eigenvalue weighted by Gasteiger charge is 2.26. The number of aliphatic imine (C=N–C) groups is 1. The Hall–Kier alpha value is -2.15. The van der Waals surface area contributed by atoms with Gasteiger partial charge in [0.25, 0.3) is 0 Å². The second kappa shape index (κ2) is 8.30. The summed E-state index contributed by atoms with van der Waals surface area (Å²) in [7, 11) is 0. The molecule has 0 bridgehead atoms. The average Bonchev–Trinajstić information content (AvgIpc) is 3.00. The number of nitrogens with zero attached hydrogens (tertiary/aromatic N) is 2. The van der Waals surface area contributed by atoms with Crippen LogP contribution in [0.25, 0.3) is 5.69 Å². The summed E-state index contributed by atoms with van der Waals surface area (Å²) in [4.78, 5) is 16.9. The fourth-order valence-electron chi connectivity index (χ4n) is 3.48. The van der Waals surface area contributed by atoms with Crippen LogP contribution in [0.15, 0.2) is 56.8 Å². The number of halogens is 2. The van der Waals surface area contributed by atoms with Crippen molar-refractivity contribution in [1.82, 2.24) is 4.57 Å². The van der Waals surface area contributed by atoms with Gasteiger partial charge in [0.15, 0.2) is 0 Å². The van der Waals surface area contributed by atoms with Crippen molar-refractivity contribution in [2.45, 2.75) is 18.6 Å². The van der Waals surface area contributed by atoms with Gasteiger partial charge in [0.1, 0.15) is 17.1 Å². The van der Waals surface area contributed by atoms with Crippen molar-refractivity contribution in [2.24, 2.45) is 4.99 Å². The monoisotopic (exact) mass is 448 g/mol. The van der Waals surface area contributed by atoms with Crippen molar-refractivity contribution in [3.63, 3.8) is 0 Å². The first-order valence-electron chi connectivity index (χ1n) is 9.05. The molecule has 1 unspecified atom stereocenters. The van der Waals surface area contributed by atoms with Gasteiger partial charge >= 0.3 is 5.63 Å². The van der Waals surface area contributed by atoms with Gasteiger partial charge in [0.05, 0.1) is 11.0 Å². The standard InChI is InChI=1S/C21H18Cl2N2O3S/c1-12-7-18(26)20(21(27)28-12)16-11-19(29-6-4-24-16)17-3-2-5-25(17)15-9-13(22)8-14(23)10-15/h2-3,5,7-10,19,26H,4,6,11H2,1H3. The van der Waals surface area contributed by atoms with E-state index in [0.717, 1.165) is 17.1 Å². The first-order chi connectivity index (χ1) is 13.9. The smallest absolute Gasteiger partial charge is 0.348 e. The molecule has 3 heterocycles. The van der Waals surface area contributed by atoms with Crippen LogP contribution < -0.4 is 5.63 Å². The molecule has 1 aliphatic heterocycles. The summed E-state index contributed by atoms with van der Waals surface area (Å²) in [5.74, 6) is 1.07. The number of aromatic nitrogens is 1. The molecule has 150 valence electrons. The minimum Gasteiger partial charge on any atom is -0.507 e. The molecule has 29 heavy (non-hydrogen) atoms. The SMILES string of the molecule is Cc1cc(O)c(C2=NCCSC(c3cccn3-c3cc(Cl)cc(Cl)c3)C2)c(=O)o1. The highest BCUT2D eigenvalue weighted by molar-refractivity contribution is 7.99. The first kappa shape index (κ1) is 20.1. The fourth-order valence-corrected chi connectivity index (χ4v) is 5.11. The molecule has 0 amide bonds. The third kappa shape index (κ3) is 4.25. The van der Waals surface area contributed by atoms with E-state index < -0.39 is 5.63 Å². The van der Waals surface area contributed by atoms with Crippen LogP contribution in [0.5, 0.6) is 5.75 Å². The first-order valence-corrected chi connectivity index (χ1v) is 10.9. The summed E-state index contributed by atoms with van der Waals surface area (Å²) in [6.45, 7) is 2.19. The number of hydrogen-bond acceptors (Lipinski definition) is 5. The highest BCUT2D eigenvalue weighted by Crippen LogP contribution is 2.37. The van der Waals surface area contributed by atoms with Gasteiger partial charge in [0.2, 0.25) is 0 Å². The van der Waals surface area contributed by atoms with E-state index >= 15 is 0 Å². The largest absolute Gasteiger partial charge is 0.507 e. The van der Waals surface area contributed by atoms with Crippen molar-refractivity contribution in [3.8, 4) is 11.4 Å². The lowest BCUT2D eigenvalue weighted by atomic mass is 10.0. The second-order valence-corrected chi connectivity index (χ2v) is 8.91. The number of hydrogen-bond donors (Lipinski definition) is 1. The number of rotatable bonds is 3. The molecule has 2 aromatic heterocycles. The summed E-state index contributed by atoms with van der Waals surface area (Å²) < 4.78 is 7.23. The van der Waals surface area contributed by atoms with E-state index in [-0.39, 0.29) is 16.6 Å². The molecular formula is C21H18Cl2N2O3S. The van der Waals surface area contributed by atoms with E-state index in [2.05, 4.69) is 4.99 Å². The van der Waals surface area contributed by atoms with Crippen LogP contribution in [0.4, 0.5) is 0 Å². The van der Waals surface area contributed by atoms with Crippen LogP contribution in [0.2, 0.25) is 10.0 Å². The third-order valence-corrected chi connectivity index (χ3v) is 6.34. The lowest BCUT2D eigenvalue weighted by Gasteiger charge is -2.19. The Morgan fingerprint density at radius 3 is 2.72 bits per heavy atom. The van der Waals surface area contributed by atoms with Crippen LogP contribution >= 0.6 is 35.0 Å². The van der Waals surface area contributed by atoms with Crippen LogP contribution in [-0.4, -0.2) is 27.7 Å². The van der Waals surface area contributed by atoms with E-state index in [9.17, 15) is 9.90 Å². The normalized spacial score (nSPS) is 17.1. The van der Waals surface area contributed by atoms with Gasteiger partial charge < -0.3 is 14.1 Å². The van der Waals surface area contributed by atoms with Crippen LogP contribution in [-0.2, 0) is 0 Å². The Labute approximate surface area is 182 Å².